The molecule has 3 aliphatic heterocycles. The van der Waals surface area contributed by atoms with Crippen molar-refractivity contribution in [3.63, 3.8) is 0 Å². The van der Waals surface area contributed by atoms with Crippen LogP contribution in [-0.4, -0.2) is 34.4 Å². The summed E-state index contributed by atoms with van der Waals surface area (Å²) in [4.78, 5) is 12.8. The number of hydrogen-bond acceptors (Lipinski definition) is 5. The van der Waals surface area contributed by atoms with Crippen molar-refractivity contribution in [2.75, 3.05) is 6.54 Å². The summed E-state index contributed by atoms with van der Waals surface area (Å²) in [5.74, 6) is -2.70. The van der Waals surface area contributed by atoms with Gasteiger partial charge >= 0.3 is 0 Å². The number of aryl methyl sites for hydroxylation is 1. The number of nitrogens with two attached hydrogens (primary N) is 1. The van der Waals surface area contributed by atoms with Crippen LogP contribution < -0.4 is 20.5 Å². The molecule has 4 aromatic rings. The number of nitrogens with one attached hydrogen (secondary N) is 1. The topological polar surface area (TPSA) is 91.4 Å². The number of alkyl halides is 1. The lowest BCUT2D eigenvalue weighted by molar-refractivity contribution is 0.0517. The van der Waals surface area contributed by atoms with Gasteiger partial charge < -0.3 is 20.5 Å². The van der Waals surface area contributed by atoms with Gasteiger partial charge in [-0.25, -0.2) is 13.2 Å². The van der Waals surface area contributed by atoms with Crippen LogP contribution in [0.4, 0.5) is 13.2 Å². The van der Waals surface area contributed by atoms with E-state index < -0.39 is 40.4 Å². The fourth-order valence-electron chi connectivity index (χ4n) is 6.41. The van der Waals surface area contributed by atoms with Crippen LogP contribution in [0.25, 0.3) is 22.3 Å². The Balaban J connectivity index is 1.47. The highest BCUT2D eigenvalue weighted by molar-refractivity contribution is 6.34. The average molecular weight is 581 g/mol. The Morgan fingerprint density at radius 1 is 1.20 bits per heavy atom. The first kappa shape index (κ1) is 25.9. The molecule has 4 heterocycles. The first-order valence-electron chi connectivity index (χ1n) is 13.1. The van der Waals surface area contributed by atoms with Crippen molar-refractivity contribution in [3.8, 4) is 33.8 Å². The summed E-state index contributed by atoms with van der Waals surface area (Å²) >= 11 is 6.57. The molecule has 41 heavy (non-hydrogen) atoms. The number of halogens is 4. The normalized spacial score (nSPS) is 22.5. The predicted molar refractivity (Wildman–Crippen MR) is 146 cm³/mol. The van der Waals surface area contributed by atoms with Gasteiger partial charge in [0.2, 0.25) is 5.91 Å². The number of fused-ring (bicyclic) bond motifs is 4. The number of benzene rings is 3. The Labute approximate surface area is 238 Å². The number of carbonyl (C=O) groups excluding carboxylic acids is 1. The van der Waals surface area contributed by atoms with Crippen molar-refractivity contribution < 1.29 is 27.4 Å². The molecule has 1 saturated heterocycles. The third-order valence-electron chi connectivity index (χ3n) is 8.21. The average Bonchev–Trinajstić information content (AvgIpc) is 3.67. The Hall–Kier alpha value is -4.02. The summed E-state index contributed by atoms with van der Waals surface area (Å²) in [6.07, 6.45) is 0.869. The molecule has 3 aliphatic rings. The SMILES string of the molecule is Cn1cc2c(n1)COc1c-2cc(C(N)=O)c(-c2c(Cl)c(F)cc3c2C[C@](c2ccccc2)([C@@H]2CC(F)CN2)O3)c1F. The quantitative estimate of drug-likeness (QED) is 0.346. The summed E-state index contributed by atoms with van der Waals surface area (Å²) in [5, 5.41) is 7.14. The van der Waals surface area contributed by atoms with Gasteiger partial charge in [-0.05, 0) is 18.1 Å². The molecule has 1 aromatic heterocycles. The Morgan fingerprint density at radius 3 is 2.68 bits per heavy atom. The number of carbonyl (C=O) groups is 1. The molecule has 3 atom stereocenters. The van der Waals surface area contributed by atoms with Gasteiger partial charge in [-0.1, -0.05) is 41.9 Å². The summed E-state index contributed by atoms with van der Waals surface area (Å²) in [5.41, 5.74) is 6.70. The highest BCUT2D eigenvalue weighted by atomic mass is 35.5. The molecule has 3 N–H and O–H groups in total. The number of primary amides is 1. The molecule has 3 aromatic carbocycles. The molecule has 7 nitrogen and oxygen atoms in total. The van der Waals surface area contributed by atoms with Crippen LogP contribution in [0.2, 0.25) is 5.02 Å². The van der Waals surface area contributed by atoms with Crippen molar-refractivity contribution in [1.29, 1.82) is 0 Å². The number of nitrogens with zero attached hydrogens (tertiary/aromatic N) is 2. The third kappa shape index (κ3) is 3.84. The van der Waals surface area contributed by atoms with Gasteiger partial charge in [-0.3, -0.25) is 9.48 Å². The first-order valence-corrected chi connectivity index (χ1v) is 13.5. The number of hydrogen-bond donors (Lipinski definition) is 2. The largest absolute Gasteiger partial charge is 0.483 e. The van der Waals surface area contributed by atoms with Crippen molar-refractivity contribution in [3.05, 3.63) is 87.7 Å². The van der Waals surface area contributed by atoms with E-state index in [1.54, 1.807) is 17.9 Å². The number of amides is 1. The van der Waals surface area contributed by atoms with Gasteiger partial charge in [0.15, 0.2) is 17.2 Å². The van der Waals surface area contributed by atoms with Crippen LogP contribution in [0.15, 0.2) is 48.7 Å². The minimum Gasteiger partial charge on any atom is -0.483 e. The molecule has 0 bridgehead atoms. The van der Waals surface area contributed by atoms with Gasteiger partial charge in [-0.15, -0.1) is 0 Å². The van der Waals surface area contributed by atoms with Crippen LogP contribution in [-0.2, 0) is 25.7 Å². The lowest BCUT2D eigenvalue weighted by Crippen LogP contribution is -2.48. The second-order valence-corrected chi connectivity index (χ2v) is 11.0. The molecule has 0 saturated carbocycles. The van der Waals surface area contributed by atoms with Crippen LogP contribution in [0.3, 0.4) is 0 Å². The predicted octanol–water partition coefficient (Wildman–Crippen LogP) is 5.21. The zero-order chi connectivity index (χ0) is 28.6. The zero-order valence-electron chi connectivity index (χ0n) is 21.8. The molecule has 210 valence electrons. The van der Waals surface area contributed by atoms with E-state index in [-0.39, 0.29) is 54.2 Å². The summed E-state index contributed by atoms with van der Waals surface area (Å²) < 4.78 is 60.3. The maximum absolute atomic E-state index is 16.6. The molecular weight excluding hydrogens is 557 g/mol. The van der Waals surface area contributed by atoms with E-state index in [9.17, 15) is 9.18 Å². The lowest BCUT2D eigenvalue weighted by Gasteiger charge is -2.35. The van der Waals surface area contributed by atoms with Gasteiger partial charge in [0.1, 0.15) is 30.0 Å². The fourth-order valence-corrected chi connectivity index (χ4v) is 6.67. The van der Waals surface area contributed by atoms with Crippen LogP contribution in [0, 0.1) is 11.6 Å². The molecule has 11 heteroatoms. The Kier molecular flexibility index (Phi) is 5.85. The van der Waals surface area contributed by atoms with Crippen molar-refractivity contribution in [1.82, 2.24) is 15.1 Å². The highest BCUT2D eigenvalue weighted by Gasteiger charge is 2.51. The standard InChI is InChI=1S/C30H24ClF3N4O3/c1-38-12-19-16-8-17(29(35)39)25(27(34)28(16)40-13-21(19)37-38)24-18-10-30(14-5-3-2-4-6-14,23-7-15(32)11-36-23)41-22(18)9-20(33)26(24)31/h2-6,8-9,12,15,23,36H,7,10-11,13H2,1H3,(H2,35,39)/t15?,23-,30-/m0/s1. The lowest BCUT2D eigenvalue weighted by atomic mass is 9.80. The molecule has 1 unspecified atom stereocenters. The number of aromatic nitrogens is 2. The molecule has 1 fully saturated rings. The number of ether oxygens (including phenoxy) is 2. The third-order valence-corrected chi connectivity index (χ3v) is 8.58. The van der Waals surface area contributed by atoms with Gasteiger partial charge in [0.25, 0.3) is 0 Å². The van der Waals surface area contributed by atoms with E-state index in [1.165, 1.54) is 6.07 Å². The summed E-state index contributed by atoms with van der Waals surface area (Å²) in [7, 11) is 1.72. The van der Waals surface area contributed by atoms with Crippen molar-refractivity contribution in [2.45, 2.75) is 37.3 Å². The van der Waals surface area contributed by atoms with E-state index in [1.807, 2.05) is 30.3 Å². The van der Waals surface area contributed by atoms with E-state index in [4.69, 9.17) is 26.8 Å². The molecule has 1 amide bonds. The first-order chi connectivity index (χ1) is 19.7. The molecule has 0 radical (unpaired) electrons. The highest BCUT2D eigenvalue weighted by Crippen LogP contribution is 2.54. The maximum Gasteiger partial charge on any atom is 0.249 e. The molecule has 0 spiro atoms. The second kappa shape index (κ2) is 9.25. The summed E-state index contributed by atoms with van der Waals surface area (Å²) in [6.45, 7) is 0.141. The minimum atomic E-state index is -1.14. The number of rotatable bonds is 4. The van der Waals surface area contributed by atoms with E-state index in [2.05, 4.69) is 10.4 Å². The van der Waals surface area contributed by atoms with Gasteiger partial charge in [0.05, 0.1) is 16.6 Å². The van der Waals surface area contributed by atoms with E-state index in [0.29, 0.717) is 22.4 Å². The van der Waals surface area contributed by atoms with E-state index in [0.717, 1.165) is 11.6 Å². The maximum atomic E-state index is 16.6. The van der Waals surface area contributed by atoms with Gasteiger partial charge in [-0.2, -0.15) is 5.10 Å². The van der Waals surface area contributed by atoms with Crippen LogP contribution in [0.5, 0.6) is 11.5 Å². The Bertz CT molecular complexity index is 1750. The Morgan fingerprint density at radius 2 is 1.98 bits per heavy atom. The molecular formula is C30H24ClF3N4O3. The van der Waals surface area contributed by atoms with Crippen molar-refractivity contribution >= 4 is 17.5 Å². The smallest absolute Gasteiger partial charge is 0.249 e. The summed E-state index contributed by atoms with van der Waals surface area (Å²) in [6, 6.07) is 11.3. The zero-order valence-corrected chi connectivity index (χ0v) is 22.6. The molecule has 7 rings (SSSR count). The molecule has 0 aliphatic carbocycles. The van der Waals surface area contributed by atoms with Crippen molar-refractivity contribution in [2.24, 2.45) is 12.8 Å². The monoisotopic (exact) mass is 580 g/mol. The van der Waals surface area contributed by atoms with Gasteiger partial charge in [0, 0.05) is 60.1 Å². The van der Waals surface area contributed by atoms with Crippen LogP contribution >= 0.6 is 11.6 Å². The van der Waals surface area contributed by atoms with E-state index >= 15 is 8.78 Å². The second-order valence-electron chi connectivity index (χ2n) is 10.7. The van der Waals surface area contributed by atoms with Crippen LogP contribution in [0.1, 0.15) is 33.6 Å². The minimum absolute atomic E-state index is 0.00240. The fraction of sp³-hybridized carbons (Fsp3) is 0.267.